The number of rotatable bonds is 4. The third-order valence-electron chi connectivity index (χ3n) is 2.71. The molecule has 0 aliphatic heterocycles. The van der Waals surface area contributed by atoms with Gasteiger partial charge in [0.2, 0.25) is 5.89 Å². The zero-order valence-corrected chi connectivity index (χ0v) is 11.0. The van der Waals surface area contributed by atoms with Crippen LogP contribution in [0, 0.1) is 6.92 Å². The molecule has 0 saturated heterocycles. The molecule has 0 aliphatic carbocycles. The number of hydrogen-bond donors (Lipinski definition) is 1. The van der Waals surface area contributed by atoms with Crippen LogP contribution in [0.15, 0.2) is 28.9 Å². The molecule has 9 nitrogen and oxygen atoms in total. The molecule has 0 aliphatic rings. The van der Waals surface area contributed by atoms with Gasteiger partial charge in [-0.25, -0.2) is 9.48 Å². The number of carboxylic acid groups (broad SMARTS) is 1. The number of pyridine rings is 1. The number of aromatic nitrogens is 6. The molecular weight excluding hydrogens is 276 g/mol. The molecule has 3 aromatic rings. The fourth-order valence-electron chi connectivity index (χ4n) is 1.86. The second-order valence-corrected chi connectivity index (χ2v) is 4.19. The summed E-state index contributed by atoms with van der Waals surface area (Å²) in [4.78, 5) is 19.5. The molecule has 3 aromatic heterocycles. The van der Waals surface area contributed by atoms with Crippen molar-refractivity contribution in [1.82, 2.24) is 30.1 Å². The van der Waals surface area contributed by atoms with Crippen molar-refractivity contribution in [3.8, 4) is 11.4 Å². The summed E-state index contributed by atoms with van der Waals surface area (Å²) in [5.74, 6) is -0.374. The maximum Gasteiger partial charge on any atom is 0.358 e. The Hall–Kier alpha value is -3.10. The molecule has 0 bridgehead atoms. The standard InChI is InChI=1S/C12H10N6O3/c1-7-14-9(16-21-7)6-18-11(8-4-2-3-5-13-8)10(12(19)20)15-17-18/h2-5H,6H2,1H3,(H,19,20). The Morgan fingerprint density at radius 1 is 1.43 bits per heavy atom. The quantitative estimate of drug-likeness (QED) is 0.747. The number of carboxylic acids is 1. The van der Waals surface area contributed by atoms with Gasteiger partial charge in [0.15, 0.2) is 11.5 Å². The first kappa shape index (κ1) is 12.9. The lowest BCUT2D eigenvalue weighted by molar-refractivity contribution is 0.0691. The monoisotopic (exact) mass is 286 g/mol. The predicted molar refractivity (Wildman–Crippen MR) is 68.3 cm³/mol. The normalized spacial score (nSPS) is 10.7. The fraction of sp³-hybridized carbons (Fsp3) is 0.167. The van der Waals surface area contributed by atoms with E-state index >= 15 is 0 Å². The highest BCUT2D eigenvalue weighted by molar-refractivity contribution is 5.92. The van der Waals surface area contributed by atoms with E-state index in [1.54, 1.807) is 31.3 Å². The number of aryl methyl sites for hydroxylation is 1. The Bertz CT molecular complexity index is 779. The van der Waals surface area contributed by atoms with E-state index in [-0.39, 0.29) is 12.2 Å². The smallest absolute Gasteiger partial charge is 0.358 e. The van der Waals surface area contributed by atoms with Crippen LogP contribution in [0.2, 0.25) is 0 Å². The summed E-state index contributed by atoms with van der Waals surface area (Å²) in [5.41, 5.74) is 0.583. The van der Waals surface area contributed by atoms with Crippen molar-refractivity contribution in [2.75, 3.05) is 0 Å². The highest BCUT2D eigenvalue weighted by atomic mass is 16.5. The van der Waals surface area contributed by atoms with Crippen molar-refractivity contribution < 1.29 is 14.4 Å². The van der Waals surface area contributed by atoms with Gasteiger partial charge in [-0.15, -0.1) is 5.10 Å². The second-order valence-electron chi connectivity index (χ2n) is 4.19. The average molecular weight is 286 g/mol. The van der Waals surface area contributed by atoms with E-state index in [1.807, 2.05) is 0 Å². The van der Waals surface area contributed by atoms with Gasteiger partial charge in [0.05, 0.1) is 5.69 Å². The topological polar surface area (TPSA) is 120 Å². The molecule has 0 spiro atoms. The number of carbonyl (C=O) groups is 1. The van der Waals surface area contributed by atoms with E-state index in [9.17, 15) is 9.90 Å². The minimum atomic E-state index is -1.17. The number of nitrogens with zero attached hydrogens (tertiary/aromatic N) is 6. The lowest BCUT2D eigenvalue weighted by Crippen LogP contribution is -2.08. The lowest BCUT2D eigenvalue weighted by atomic mass is 10.2. The number of aromatic carboxylic acids is 1. The summed E-state index contributed by atoms with van der Waals surface area (Å²) >= 11 is 0. The van der Waals surface area contributed by atoms with E-state index in [4.69, 9.17) is 4.52 Å². The molecule has 0 aromatic carbocycles. The summed E-state index contributed by atoms with van der Waals surface area (Å²) in [7, 11) is 0. The zero-order chi connectivity index (χ0) is 14.8. The second kappa shape index (κ2) is 5.12. The molecule has 3 rings (SSSR count). The predicted octanol–water partition coefficient (Wildman–Crippen LogP) is 0.778. The van der Waals surface area contributed by atoms with E-state index in [2.05, 4.69) is 25.4 Å². The van der Waals surface area contributed by atoms with Gasteiger partial charge in [0.25, 0.3) is 0 Å². The van der Waals surface area contributed by atoms with Crippen molar-refractivity contribution in [2.24, 2.45) is 0 Å². The van der Waals surface area contributed by atoms with Crippen LogP contribution in [0.25, 0.3) is 11.4 Å². The van der Waals surface area contributed by atoms with Crippen molar-refractivity contribution >= 4 is 5.97 Å². The first-order chi connectivity index (χ1) is 10.1. The van der Waals surface area contributed by atoms with Crippen molar-refractivity contribution in [3.05, 3.63) is 41.8 Å². The van der Waals surface area contributed by atoms with Crippen LogP contribution < -0.4 is 0 Å². The van der Waals surface area contributed by atoms with Crippen LogP contribution in [-0.2, 0) is 6.54 Å². The Balaban J connectivity index is 2.07. The first-order valence-electron chi connectivity index (χ1n) is 6.02. The molecular formula is C12H10N6O3. The van der Waals surface area contributed by atoms with Gasteiger partial charge in [0.1, 0.15) is 12.2 Å². The summed E-state index contributed by atoms with van der Waals surface area (Å²) in [6.45, 7) is 1.81. The molecule has 21 heavy (non-hydrogen) atoms. The SMILES string of the molecule is Cc1nc(Cn2nnc(C(=O)O)c2-c2ccccn2)no1. The first-order valence-corrected chi connectivity index (χ1v) is 6.02. The van der Waals surface area contributed by atoms with Crippen molar-refractivity contribution in [1.29, 1.82) is 0 Å². The Kier molecular flexibility index (Phi) is 3.14. The zero-order valence-electron chi connectivity index (χ0n) is 11.0. The van der Waals surface area contributed by atoms with Crippen LogP contribution in [0.3, 0.4) is 0 Å². The molecule has 0 amide bonds. The maximum atomic E-state index is 11.3. The van der Waals surface area contributed by atoms with Gasteiger partial charge in [0, 0.05) is 13.1 Å². The van der Waals surface area contributed by atoms with Gasteiger partial charge < -0.3 is 9.63 Å². The molecule has 1 N–H and O–H groups in total. The van der Waals surface area contributed by atoms with E-state index in [1.165, 1.54) is 4.68 Å². The maximum absolute atomic E-state index is 11.3. The van der Waals surface area contributed by atoms with Crippen LogP contribution in [0.1, 0.15) is 22.2 Å². The Morgan fingerprint density at radius 3 is 2.90 bits per heavy atom. The van der Waals surface area contributed by atoms with Crippen LogP contribution in [0.4, 0.5) is 0 Å². The molecule has 0 unspecified atom stereocenters. The molecule has 9 heteroatoms. The van der Waals surface area contributed by atoms with Crippen LogP contribution in [0.5, 0.6) is 0 Å². The molecule has 0 radical (unpaired) electrons. The van der Waals surface area contributed by atoms with Gasteiger partial charge in [-0.05, 0) is 12.1 Å². The Morgan fingerprint density at radius 2 is 2.29 bits per heavy atom. The third-order valence-corrected chi connectivity index (χ3v) is 2.71. The van der Waals surface area contributed by atoms with Gasteiger partial charge in [-0.3, -0.25) is 4.98 Å². The van der Waals surface area contributed by atoms with Gasteiger partial charge >= 0.3 is 5.97 Å². The highest BCUT2D eigenvalue weighted by Crippen LogP contribution is 2.20. The van der Waals surface area contributed by atoms with E-state index < -0.39 is 5.97 Å². The summed E-state index contributed by atoms with van der Waals surface area (Å²) in [5, 5.41) is 20.5. The van der Waals surface area contributed by atoms with Gasteiger partial charge in [-0.2, -0.15) is 4.98 Å². The van der Waals surface area contributed by atoms with E-state index in [0.29, 0.717) is 23.1 Å². The highest BCUT2D eigenvalue weighted by Gasteiger charge is 2.22. The van der Waals surface area contributed by atoms with Crippen LogP contribution in [-0.4, -0.2) is 41.2 Å². The molecule has 0 atom stereocenters. The molecule has 0 fully saturated rings. The average Bonchev–Trinajstić information content (AvgIpc) is 3.07. The minimum absolute atomic E-state index is 0.142. The summed E-state index contributed by atoms with van der Waals surface area (Å²) in [6, 6.07) is 5.17. The van der Waals surface area contributed by atoms with E-state index in [0.717, 1.165) is 0 Å². The number of hydrogen-bond acceptors (Lipinski definition) is 7. The largest absolute Gasteiger partial charge is 0.476 e. The third kappa shape index (κ3) is 2.48. The van der Waals surface area contributed by atoms with Crippen molar-refractivity contribution in [2.45, 2.75) is 13.5 Å². The minimum Gasteiger partial charge on any atom is -0.476 e. The van der Waals surface area contributed by atoms with Gasteiger partial charge in [-0.1, -0.05) is 16.4 Å². The fourth-order valence-corrected chi connectivity index (χ4v) is 1.86. The molecule has 0 saturated carbocycles. The molecule has 106 valence electrons. The Labute approximate surface area is 118 Å². The van der Waals surface area contributed by atoms with Crippen LogP contribution >= 0.6 is 0 Å². The summed E-state index contributed by atoms with van der Waals surface area (Å²) < 4.78 is 6.27. The van der Waals surface area contributed by atoms with Crippen molar-refractivity contribution in [3.63, 3.8) is 0 Å². The summed E-state index contributed by atoms with van der Waals surface area (Å²) in [6.07, 6.45) is 1.57. The lowest BCUT2D eigenvalue weighted by Gasteiger charge is -2.03. The molecule has 3 heterocycles.